The van der Waals surface area contributed by atoms with Crippen LogP contribution in [-0.4, -0.2) is 46.2 Å². The highest BCUT2D eigenvalue weighted by Gasteiger charge is 2.22. The van der Waals surface area contributed by atoms with E-state index in [4.69, 9.17) is 8.47 Å². The molecule has 0 aromatic heterocycles. The summed E-state index contributed by atoms with van der Waals surface area (Å²) >= 11 is 2.05. The average molecular weight is 268 g/mol. The first-order chi connectivity index (χ1) is 6.89. The van der Waals surface area contributed by atoms with Gasteiger partial charge in [-0.2, -0.15) is 0 Å². The minimum atomic E-state index is -2.54. The zero-order chi connectivity index (χ0) is 11.9. The second-order valence-corrected chi connectivity index (χ2v) is 9.88. The van der Waals surface area contributed by atoms with Gasteiger partial charge in [0.05, 0.1) is 0 Å². The fraction of sp³-hybridized carbons (Fsp3) is 1.00. The molecule has 1 heterocycles. The second kappa shape index (κ2) is 7.28. The van der Waals surface area contributed by atoms with Gasteiger partial charge in [0.25, 0.3) is 0 Å². The van der Waals surface area contributed by atoms with Crippen LogP contribution in [0.4, 0.5) is 0 Å². The predicted octanol–water partition coefficient (Wildman–Crippen LogP) is 2.46. The van der Waals surface area contributed by atoms with Crippen molar-refractivity contribution in [2.75, 3.05) is 24.6 Å². The van der Waals surface area contributed by atoms with Crippen molar-refractivity contribution >= 4 is 31.4 Å². The zero-order valence-corrected chi connectivity index (χ0v) is 12.3. The summed E-state index contributed by atoms with van der Waals surface area (Å²) in [6, 6.07) is 0. The van der Waals surface area contributed by atoms with Gasteiger partial charge in [0.1, 0.15) is 0 Å². The molecule has 0 bridgehead atoms. The first kappa shape index (κ1) is 15.9. The topological polar surface area (TPSA) is 63.6 Å². The third-order valence-electron chi connectivity index (χ3n) is 2.42. The van der Waals surface area contributed by atoms with Crippen molar-refractivity contribution in [2.45, 2.75) is 26.7 Å². The summed E-state index contributed by atoms with van der Waals surface area (Å²) in [5.74, 6) is 0. The summed E-state index contributed by atoms with van der Waals surface area (Å²) in [4.78, 5) is 8.75. The standard InChI is InChI=1S/C4H9O2P.C4H11O2P.Al/c5-7(6)3-1-2-4-7;1-3-7(5,6)4-2;/h1-4H2,(H,5,6);3-4H2,1-2H3,(H,5,6);/q;;+1/p-1. The van der Waals surface area contributed by atoms with Crippen molar-refractivity contribution < 1.29 is 17.6 Å². The van der Waals surface area contributed by atoms with Gasteiger partial charge in [-0.1, -0.05) is 13.8 Å². The van der Waals surface area contributed by atoms with Gasteiger partial charge >= 0.3 is 16.6 Å². The van der Waals surface area contributed by atoms with Crippen LogP contribution in [0.1, 0.15) is 26.7 Å². The summed E-state index contributed by atoms with van der Waals surface area (Å²) in [5, 5.41) is 0. The first-order valence-electron chi connectivity index (χ1n) is 5.16. The third-order valence-corrected chi connectivity index (χ3v) is 7.91. The highest BCUT2D eigenvalue weighted by molar-refractivity contribution is 7.59. The van der Waals surface area contributed by atoms with E-state index in [0.29, 0.717) is 24.6 Å². The van der Waals surface area contributed by atoms with E-state index >= 15 is 0 Å². The van der Waals surface area contributed by atoms with E-state index in [-0.39, 0.29) is 0 Å². The molecule has 0 saturated carbocycles. The van der Waals surface area contributed by atoms with Crippen molar-refractivity contribution in [1.82, 2.24) is 0 Å². The summed E-state index contributed by atoms with van der Waals surface area (Å²) in [6.45, 7) is 3.74. The fourth-order valence-electron chi connectivity index (χ4n) is 1.20. The van der Waals surface area contributed by atoms with Crippen LogP contribution in [-0.2, 0) is 12.7 Å². The summed E-state index contributed by atoms with van der Waals surface area (Å²) in [5.41, 5.74) is 0. The largest absolute Gasteiger partial charge is 0.474 e. The molecule has 0 amide bonds. The molecule has 0 aromatic carbocycles. The molecule has 0 aliphatic carbocycles. The highest BCUT2D eigenvalue weighted by atomic mass is 31.2. The van der Waals surface area contributed by atoms with Crippen LogP contribution in [0.3, 0.4) is 0 Å². The number of hydrogen-bond donors (Lipinski definition) is 1. The SMILES string of the molecule is CCP(=O)(CC)[O][Al].O=P1(O)CCCC1. The van der Waals surface area contributed by atoms with Crippen LogP contribution in [0.2, 0.25) is 0 Å². The Labute approximate surface area is 100 Å². The van der Waals surface area contributed by atoms with Crippen LogP contribution < -0.4 is 0 Å². The van der Waals surface area contributed by atoms with Crippen LogP contribution in [0.25, 0.3) is 0 Å². The van der Waals surface area contributed by atoms with Gasteiger partial charge in [0, 0.05) is 24.6 Å². The van der Waals surface area contributed by atoms with Crippen LogP contribution >= 0.6 is 14.7 Å². The molecule has 0 aromatic rings. The molecule has 7 heteroatoms. The summed E-state index contributed by atoms with van der Waals surface area (Å²) in [7, 11) is -4.74. The lowest BCUT2D eigenvalue weighted by Crippen LogP contribution is -1.91. The smallest absolute Gasteiger partial charge is 0.381 e. The van der Waals surface area contributed by atoms with Gasteiger partial charge < -0.3 is 8.47 Å². The van der Waals surface area contributed by atoms with E-state index in [1.807, 2.05) is 13.8 Å². The summed E-state index contributed by atoms with van der Waals surface area (Å²) in [6.07, 6.45) is 4.29. The maximum Gasteiger partial charge on any atom is 0.381 e. The third kappa shape index (κ3) is 6.95. The Kier molecular flexibility index (Phi) is 7.72. The molecular weight excluding hydrogens is 249 g/mol. The number of hydrogen-bond acceptors (Lipinski definition) is 3. The van der Waals surface area contributed by atoms with Gasteiger partial charge in [-0.3, -0.25) is 9.13 Å². The van der Waals surface area contributed by atoms with E-state index in [1.165, 1.54) is 0 Å². The van der Waals surface area contributed by atoms with E-state index in [2.05, 4.69) is 16.6 Å². The van der Waals surface area contributed by atoms with Crippen molar-refractivity contribution in [3.8, 4) is 0 Å². The van der Waals surface area contributed by atoms with Gasteiger partial charge in [0.2, 0.25) is 7.37 Å². The first-order valence-corrected chi connectivity index (χ1v) is 9.66. The molecule has 15 heavy (non-hydrogen) atoms. The predicted molar refractivity (Wildman–Crippen MR) is 64.3 cm³/mol. The average Bonchev–Trinajstić information content (AvgIpc) is 2.63. The highest BCUT2D eigenvalue weighted by Crippen LogP contribution is 2.47. The van der Waals surface area contributed by atoms with E-state index < -0.39 is 14.7 Å². The number of rotatable bonds is 3. The molecular formula is C8H19AlO4P2. The Morgan fingerprint density at radius 2 is 1.73 bits per heavy atom. The normalized spacial score (nSPS) is 19.4. The van der Waals surface area contributed by atoms with Crippen molar-refractivity contribution in [3.63, 3.8) is 0 Å². The molecule has 1 aliphatic rings. The lowest BCUT2D eigenvalue weighted by molar-refractivity contribution is 0.485. The van der Waals surface area contributed by atoms with Gasteiger partial charge in [-0.25, -0.2) is 0 Å². The molecule has 1 fully saturated rings. The minimum Gasteiger partial charge on any atom is -0.474 e. The molecule has 1 rings (SSSR count). The van der Waals surface area contributed by atoms with Crippen LogP contribution in [0.5, 0.6) is 0 Å². The molecule has 1 aliphatic heterocycles. The molecule has 1 saturated heterocycles. The molecule has 4 nitrogen and oxygen atoms in total. The van der Waals surface area contributed by atoms with Gasteiger partial charge in [-0.15, -0.1) is 0 Å². The Hall–Kier alpha value is 0.912. The zero-order valence-electron chi connectivity index (χ0n) is 9.39. The second-order valence-electron chi connectivity index (χ2n) is 3.55. The molecule has 0 unspecified atom stereocenters. The molecule has 88 valence electrons. The maximum atomic E-state index is 11.1. The van der Waals surface area contributed by atoms with Crippen molar-refractivity contribution in [1.29, 1.82) is 0 Å². The molecule has 0 spiro atoms. The van der Waals surface area contributed by atoms with Crippen molar-refractivity contribution in [3.05, 3.63) is 0 Å². The van der Waals surface area contributed by atoms with Gasteiger partial charge in [-0.05, 0) is 12.8 Å². The Morgan fingerprint density at radius 3 is 1.80 bits per heavy atom. The molecule has 2 radical (unpaired) electrons. The lowest BCUT2D eigenvalue weighted by Gasteiger charge is -2.12. The van der Waals surface area contributed by atoms with E-state index in [9.17, 15) is 9.13 Å². The minimum absolute atomic E-state index is 0.562. The summed E-state index contributed by atoms with van der Waals surface area (Å²) < 4.78 is 26.4. The maximum absolute atomic E-state index is 11.1. The van der Waals surface area contributed by atoms with Crippen molar-refractivity contribution in [2.24, 2.45) is 0 Å². The molecule has 0 atom stereocenters. The Balaban J connectivity index is 0.000000262. The molecule has 1 N–H and O–H groups in total. The monoisotopic (exact) mass is 268 g/mol. The van der Waals surface area contributed by atoms with E-state index in [0.717, 1.165) is 12.8 Å². The Bertz CT molecular complexity index is 240. The van der Waals surface area contributed by atoms with Crippen LogP contribution in [0.15, 0.2) is 0 Å². The Morgan fingerprint density at radius 1 is 1.33 bits per heavy atom. The van der Waals surface area contributed by atoms with E-state index in [1.54, 1.807) is 0 Å². The van der Waals surface area contributed by atoms with Gasteiger partial charge in [0.15, 0.2) is 7.37 Å². The lowest BCUT2D eigenvalue weighted by atomic mass is 10.4. The quantitative estimate of drug-likeness (QED) is 0.630. The fourth-order valence-corrected chi connectivity index (χ4v) is 4.50. The van der Waals surface area contributed by atoms with Crippen LogP contribution in [0, 0.1) is 0 Å².